The van der Waals surface area contributed by atoms with E-state index in [0.717, 1.165) is 6.26 Å². The summed E-state index contributed by atoms with van der Waals surface area (Å²) in [6, 6.07) is 5.86. The van der Waals surface area contributed by atoms with Gasteiger partial charge in [-0.25, -0.2) is 17.2 Å². The van der Waals surface area contributed by atoms with Crippen LogP contribution in [0.2, 0.25) is 0 Å². The Bertz CT molecular complexity index is 640. The summed E-state index contributed by atoms with van der Waals surface area (Å²) >= 11 is 0. The third-order valence-electron chi connectivity index (χ3n) is 3.61. The largest absolute Gasteiger partial charge is 0.298 e. The molecule has 0 heterocycles. The molecule has 1 aromatic carbocycles. The Hall–Kier alpha value is -1.56. The summed E-state index contributed by atoms with van der Waals surface area (Å²) in [4.78, 5) is 11.3. The molecule has 0 N–H and O–H groups in total. The smallest absolute Gasteiger partial charge is 0.175 e. The second-order valence-corrected chi connectivity index (χ2v) is 7.32. The van der Waals surface area contributed by atoms with Crippen LogP contribution in [0.4, 0.5) is 8.78 Å². The highest BCUT2D eigenvalue weighted by Crippen LogP contribution is 2.33. The van der Waals surface area contributed by atoms with Crippen molar-refractivity contribution in [1.82, 2.24) is 0 Å². The minimum Gasteiger partial charge on any atom is -0.298 e. The SMILES string of the molecule is CS(=O)(=O)c1ccc(C(C=O)=CC2C[C@@H](F)[C@@H](F)C2)cc1. The summed E-state index contributed by atoms with van der Waals surface area (Å²) < 4.78 is 49.0. The molecule has 0 saturated heterocycles. The number of allylic oxidation sites excluding steroid dienone is 2. The molecule has 1 aliphatic carbocycles. The van der Waals surface area contributed by atoms with Gasteiger partial charge in [0.15, 0.2) is 9.84 Å². The van der Waals surface area contributed by atoms with E-state index in [1.165, 1.54) is 24.3 Å². The van der Waals surface area contributed by atoms with Crippen LogP contribution < -0.4 is 0 Å². The summed E-state index contributed by atoms with van der Waals surface area (Å²) in [5, 5.41) is 0. The lowest BCUT2D eigenvalue weighted by atomic mass is 9.99. The van der Waals surface area contributed by atoms with E-state index in [4.69, 9.17) is 0 Å². The van der Waals surface area contributed by atoms with Gasteiger partial charge >= 0.3 is 0 Å². The molecule has 0 spiro atoms. The molecule has 0 bridgehead atoms. The fourth-order valence-electron chi connectivity index (χ4n) is 2.46. The molecule has 1 aromatic rings. The number of alkyl halides is 2. The molecule has 21 heavy (non-hydrogen) atoms. The highest BCUT2D eigenvalue weighted by molar-refractivity contribution is 7.90. The Morgan fingerprint density at radius 1 is 1.14 bits per heavy atom. The van der Waals surface area contributed by atoms with Gasteiger partial charge in [-0.3, -0.25) is 4.79 Å². The second kappa shape index (κ2) is 6.05. The van der Waals surface area contributed by atoms with Crippen LogP contribution >= 0.6 is 0 Å². The van der Waals surface area contributed by atoms with Crippen LogP contribution in [0.5, 0.6) is 0 Å². The number of halogens is 2. The number of carbonyl (C=O) groups excluding carboxylic acids is 1. The summed E-state index contributed by atoms with van der Waals surface area (Å²) in [5.41, 5.74) is 0.858. The van der Waals surface area contributed by atoms with Crippen molar-refractivity contribution >= 4 is 21.7 Å². The predicted octanol–water partition coefficient (Wildman–Crippen LogP) is 2.76. The van der Waals surface area contributed by atoms with E-state index in [1.54, 1.807) is 6.08 Å². The first-order valence-electron chi connectivity index (χ1n) is 6.57. The molecule has 0 aromatic heterocycles. The second-order valence-electron chi connectivity index (χ2n) is 5.30. The zero-order chi connectivity index (χ0) is 15.6. The molecule has 0 radical (unpaired) electrons. The van der Waals surface area contributed by atoms with Crippen LogP contribution in [0, 0.1) is 5.92 Å². The van der Waals surface area contributed by atoms with Crippen molar-refractivity contribution in [3.63, 3.8) is 0 Å². The van der Waals surface area contributed by atoms with E-state index in [1.807, 2.05) is 0 Å². The molecule has 3 atom stereocenters. The fraction of sp³-hybridized carbons (Fsp3) is 0.400. The minimum absolute atomic E-state index is 0.0694. The van der Waals surface area contributed by atoms with Crippen molar-refractivity contribution in [1.29, 1.82) is 0 Å². The van der Waals surface area contributed by atoms with Gasteiger partial charge in [0.1, 0.15) is 18.6 Å². The lowest BCUT2D eigenvalue weighted by Gasteiger charge is -2.06. The summed E-state index contributed by atoms with van der Waals surface area (Å²) in [7, 11) is -3.30. The molecule has 3 nitrogen and oxygen atoms in total. The monoisotopic (exact) mass is 314 g/mol. The maximum atomic E-state index is 13.1. The van der Waals surface area contributed by atoms with Gasteiger partial charge in [0, 0.05) is 11.8 Å². The van der Waals surface area contributed by atoms with Gasteiger partial charge in [-0.2, -0.15) is 0 Å². The lowest BCUT2D eigenvalue weighted by molar-refractivity contribution is -0.103. The Morgan fingerprint density at radius 3 is 2.10 bits per heavy atom. The highest BCUT2D eigenvalue weighted by atomic mass is 32.2. The number of benzene rings is 1. The van der Waals surface area contributed by atoms with Gasteiger partial charge in [-0.05, 0) is 36.5 Å². The Kier molecular flexibility index (Phi) is 4.56. The Balaban J connectivity index is 2.24. The van der Waals surface area contributed by atoms with Crippen LogP contribution in [0.15, 0.2) is 35.2 Å². The zero-order valence-corrected chi connectivity index (χ0v) is 12.3. The maximum Gasteiger partial charge on any atom is 0.175 e. The number of rotatable bonds is 4. The number of aldehydes is 1. The summed E-state index contributed by atoms with van der Waals surface area (Å²) in [6.45, 7) is 0. The molecule has 2 rings (SSSR count). The fourth-order valence-corrected chi connectivity index (χ4v) is 3.09. The maximum absolute atomic E-state index is 13.1. The van der Waals surface area contributed by atoms with Crippen molar-refractivity contribution in [2.45, 2.75) is 30.1 Å². The van der Waals surface area contributed by atoms with Gasteiger partial charge in [-0.15, -0.1) is 0 Å². The number of sulfone groups is 1. The van der Waals surface area contributed by atoms with Gasteiger partial charge < -0.3 is 0 Å². The predicted molar refractivity (Wildman–Crippen MR) is 76.1 cm³/mol. The van der Waals surface area contributed by atoms with Gasteiger partial charge in [0.25, 0.3) is 0 Å². The molecule has 1 unspecified atom stereocenters. The van der Waals surface area contributed by atoms with Crippen molar-refractivity contribution in [3.05, 3.63) is 35.9 Å². The first kappa shape index (κ1) is 15.8. The van der Waals surface area contributed by atoms with Crippen LogP contribution in [-0.2, 0) is 14.6 Å². The highest BCUT2D eigenvalue weighted by Gasteiger charge is 2.33. The number of hydrogen-bond acceptors (Lipinski definition) is 3. The van der Waals surface area contributed by atoms with E-state index in [2.05, 4.69) is 0 Å². The van der Waals surface area contributed by atoms with Crippen molar-refractivity contribution in [3.8, 4) is 0 Å². The third kappa shape index (κ3) is 3.75. The van der Waals surface area contributed by atoms with Gasteiger partial charge in [0.2, 0.25) is 0 Å². The topological polar surface area (TPSA) is 51.2 Å². The molecule has 114 valence electrons. The van der Waals surface area contributed by atoms with E-state index in [9.17, 15) is 22.0 Å². The van der Waals surface area contributed by atoms with Gasteiger partial charge in [0.05, 0.1) is 4.90 Å². The summed E-state index contributed by atoms with van der Waals surface area (Å²) in [6.07, 6.45) is 0.459. The van der Waals surface area contributed by atoms with Crippen LogP contribution in [0.25, 0.3) is 5.57 Å². The Morgan fingerprint density at radius 2 is 1.67 bits per heavy atom. The van der Waals surface area contributed by atoms with Crippen LogP contribution in [0.3, 0.4) is 0 Å². The molecule has 0 aliphatic heterocycles. The molecule has 1 saturated carbocycles. The Labute approximate surface area is 122 Å². The first-order chi connectivity index (χ1) is 9.81. The lowest BCUT2D eigenvalue weighted by Crippen LogP contribution is -2.06. The minimum atomic E-state index is -3.30. The molecule has 0 amide bonds. The molecule has 1 aliphatic rings. The molecule has 1 fully saturated rings. The van der Waals surface area contributed by atoms with E-state index in [-0.39, 0.29) is 23.7 Å². The average molecular weight is 314 g/mol. The first-order valence-corrected chi connectivity index (χ1v) is 8.46. The third-order valence-corrected chi connectivity index (χ3v) is 4.73. The summed E-state index contributed by atoms with van der Waals surface area (Å²) in [5.74, 6) is -0.315. The van der Waals surface area contributed by atoms with Crippen LogP contribution in [0.1, 0.15) is 18.4 Å². The number of hydrogen-bond donors (Lipinski definition) is 0. The normalized spacial score (nSPS) is 26.8. The zero-order valence-electron chi connectivity index (χ0n) is 11.5. The van der Waals surface area contributed by atoms with Crippen molar-refractivity contribution in [2.24, 2.45) is 5.92 Å². The van der Waals surface area contributed by atoms with Crippen LogP contribution in [-0.4, -0.2) is 33.3 Å². The van der Waals surface area contributed by atoms with E-state index >= 15 is 0 Å². The van der Waals surface area contributed by atoms with Crippen molar-refractivity contribution in [2.75, 3.05) is 6.26 Å². The molecule has 6 heteroatoms. The van der Waals surface area contributed by atoms with Crippen molar-refractivity contribution < 1.29 is 22.0 Å². The molecular formula is C15H16F2O3S. The van der Waals surface area contributed by atoms with E-state index < -0.39 is 22.2 Å². The standard InChI is InChI=1S/C15H16F2O3S/c1-21(19,20)13-4-2-11(3-5-13)12(9-18)6-10-7-14(16)15(17)8-10/h2-6,9-10,14-15H,7-8H2,1H3/t10?,14-,15+. The average Bonchev–Trinajstić information content (AvgIpc) is 2.74. The molecular weight excluding hydrogens is 298 g/mol. The quantitative estimate of drug-likeness (QED) is 0.634. The van der Waals surface area contributed by atoms with E-state index in [0.29, 0.717) is 17.4 Å². The van der Waals surface area contributed by atoms with Gasteiger partial charge in [-0.1, -0.05) is 18.2 Å². The number of carbonyl (C=O) groups is 1.